The van der Waals surface area contributed by atoms with Crippen molar-refractivity contribution < 1.29 is 13.9 Å². The Labute approximate surface area is 162 Å². The van der Waals surface area contributed by atoms with Crippen molar-refractivity contribution in [1.29, 1.82) is 0 Å². The molecule has 7 heteroatoms. The van der Waals surface area contributed by atoms with Crippen LogP contribution in [-0.4, -0.2) is 20.9 Å². The van der Waals surface area contributed by atoms with Gasteiger partial charge in [-0.05, 0) is 41.3 Å². The normalized spacial score (nSPS) is 16.1. The number of hydrogen-bond donors (Lipinski definition) is 1. The van der Waals surface area contributed by atoms with Crippen molar-refractivity contribution in [3.63, 3.8) is 0 Å². The number of nitrogens with one attached hydrogen (secondary N) is 1. The van der Waals surface area contributed by atoms with Crippen LogP contribution in [0.15, 0.2) is 48.5 Å². The summed E-state index contributed by atoms with van der Waals surface area (Å²) in [6.07, 6.45) is -0.256. The number of benzene rings is 2. The monoisotopic (exact) mass is 380 g/mol. The first-order valence-corrected chi connectivity index (χ1v) is 9.22. The van der Waals surface area contributed by atoms with E-state index in [2.05, 4.69) is 29.5 Å². The number of amides is 1. The van der Waals surface area contributed by atoms with Gasteiger partial charge in [0.2, 0.25) is 0 Å². The van der Waals surface area contributed by atoms with Gasteiger partial charge in [-0.25, -0.2) is 9.07 Å². The average Bonchev–Trinajstić information content (AvgIpc) is 3.12. The molecule has 0 saturated heterocycles. The zero-order valence-electron chi connectivity index (χ0n) is 15.7. The zero-order chi connectivity index (χ0) is 19.7. The first kappa shape index (κ1) is 18.3. The summed E-state index contributed by atoms with van der Waals surface area (Å²) in [5, 5.41) is 11.1. The molecule has 4 rings (SSSR count). The molecule has 1 atom stereocenters. The van der Waals surface area contributed by atoms with E-state index in [-0.39, 0.29) is 30.1 Å². The fourth-order valence-electron chi connectivity index (χ4n) is 3.23. The molecule has 0 unspecified atom stereocenters. The molecule has 0 saturated carbocycles. The lowest BCUT2D eigenvalue weighted by atomic mass is 10.0. The maximum Gasteiger partial charge on any atom is 0.278 e. The summed E-state index contributed by atoms with van der Waals surface area (Å²) in [6, 6.07) is 13.9. The number of hydrogen-bond acceptors (Lipinski definition) is 4. The molecule has 0 radical (unpaired) electrons. The van der Waals surface area contributed by atoms with E-state index >= 15 is 0 Å². The molecule has 0 fully saturated rings. The smallest absolute Gasteiger partial charge is 0.278 e. The number of fused-ring (bicyclic) bond motifs is 1. The largest absolute Gasteiger partial charge is 0.365 e. The predicted molar refractivity (Wildman–Crippen MR) is 102 cm³/mol. The van der Waals surface area contributed by atoms with Gasteiger partial charge in [0.1, 0.15) is 11.9 Å². The van der Waals surface area contributed by atoms with Gasteiger partial charge in [0, 0.05) is 5.69 Å². The van der Waals surface area contributed by atoms with E-state index in [1.54, 1.807) is 16.8 Å². The van der Waals surface area contributed by atoms with Gasteiger partial charge in [-0.1, -0.05) is 43.3 Å². The van der Waals surface area contributed by atoms with Crippen LogP contribution in [0, 0.1) is 5.82 Å². The molecule has 1 amide bonds. The molecule has 1 aliphatic heterocycles. The molecule has 1 aromatic heterocycles. The minimum absolute atomic E-state index is 0.212. The summed E-state index contributed by atoms with van der Waals surface area (Å²) < 4.78 is 20.7. The van der Waals surface area contributed by atoms with Crippen molar-refractivity contribution in [3.05, 3.63) is 76.9 Å². The third-order valence-corrected chi connectivity index (χ3v) is 4.87. The number of carbonyl (C=O) groups is 1. The number of nitrogens with zero attached hydrogens (tertiary/aromatic N) is 3. The van der Waals surface area contributed by atoms with Crippen LogP contribution in [0.3, 0.4) is 0 Å². The summed E-state index contributed by atoms with van der Waals surface area (Å²) in [5.74, 6) is -0.233. The molecular formula is C21H21FN4O2. The van der Waals surface area contributed by atoms with E-state index in [4.69, 9.17) is 4.74 Å². The van der Waals surface area contributed by atoms with Crippen LogP contribution in [0.25, 0.3) is 0 Å². The highest BCUT2D eigenvalue weighted by atomic mass is 19.1. The van der Waals surface area contributed by atoms with Crippen LogP contribution in [-0.2, 0) is 17.9 Å². The van der Waals surface area contributed by atoms with E-state index < -0.39 is 0 Å². The van der Waals surface area contributed by atoms with Crippen molar-refractivity contribution in [2.45, 2.75) is 39.0 Å². The first-order chi connectivity index (χ1) is 13.5. The molecule has 1 N–H and O–H groups in total. The summed E-state index contributed by atoms with van der Waals surface area (Å²) in [6.45, 7) is 4.84. The van der Waals surface area contributed by atoms with Crippen molar-refractivity contribution in [1.82, 2.24) is 15.0 Å². The topological polar surface area (TPSA) is 69.0 Å². The molecule has 2 aromatic carbocycles. The Morgan fingerprint density at radius 3 is 2.79 bits per heavy atom. The highest BCUT2D eigenvalue weighted by molar-refractivity contribution is 6.03. The standard InChI is InChI=1S/C21H21FN4O2/c1-13(2)15-4-3-5-17(10-15)23-21(27)20-18-12-28-19(11-26(18)25-24-20)14-6-8-16(22)9-7-14/h3-10,13,19H,11-12H2,1-2H3,(H,23,27)/t19-/m1/s1. The second-order valence-electron chi connectivity index (χ2n) is 7.15. The van der Waals surface area contributed by atoms with Crippen LogP contribution >= 0.6 is 0 Å². The van der Waals surface area contributed by atoms with Gasteiger partial charge < -0.3 is 10.1 Å². The minimum Gasteiger partial charge on any atom is -0.365 e. The van der Waals surface area contributed by atoms with Gasteiger partial charge >= 0.3 is 0 Å². The molecule has 3 aromatic rings. The molecule has 28 heavy (non-hydrogen) atoms. The quantitative estimate of drug-likeness (QED) is 0.741. The average molecular weight is 380 g/mol. The number of anilines is 1. The van der Waals surface area contributed by atoms with Crippen LogP contribution in [0.4, 0.5) is 10.1 Å². The molecule has 0 bridgehead atoms. The first-order valence-electron chi connectivity index (χ1n) is 9.22. The molecule has 144 valence electrons. The number of rotatable bonds is 4. The zero-order valence-corrected chi connectivity index (χ0v) is 15.7. The van der Waals surface area contributed by atoms with Gasteiger partial charge in [0.15, 0.2) is 5.69 Å². The number of halogens is 1. The van der Waals surface area contributed by atoms with Gasteiger partial charge in [0.25, 0.3) is 5.91 Å². The Hall–Kier alpha value is -3.06. The van der Waals surface area contributed by atoms with E-state index in [9.17, 15) is 9.18 Å². The van der Waals surface area contributed by atoms with Gasteiger partial charge in [-0.3, -0.25) is 4.79 Å². The van der Waals surface area contributed by atoms with Crippen molar-refractivity contribution in [2.75, 3.05) is 5.32 Å². The van der Waals surface area contributed by atoms with Gasteiger partial charge in [-0.2, -0.15) is 0 Å². The summed E-state index contributed by atoms with van der Waals surface area (Å²) in [5.41, 5.74) is 3.62. The number of carbonyl (C=O) groups excluding carboxylic acids is 1. The molecule has 0 aliphatic carbocycles. The Morgan fingerprint density at radius 1 is 1.25 bits per heavy atom. The molecule has 6 nitrogen and oxygen atoms in total. The Bertz CT molecular complexity index is 998. The summed E-state index contributed by atoms with van der Waals surface area (Å²) in [4.78, 5) is 12.7. The van der Waals surface area contributed by atoms with Crippen LogP contribution in [0.2, 0.25) is 0 Å². The fraction of sp³-hybridized carbons (Fsp3) is 0.286. The second kappa shape index (κ2) is 7.52. The van der Waals surface area contributed by atoms with Gasteiger partial charge in [0.05, 0.1) is 18.8 Å². The van der Waals surface area contributed by atoms with Crippen LogP contribution in [0.5, 0.6) is 0 Å². The van der Waals surface area contributed by atoms with Gasteiger partial charge in [-0.15, -0.1) is 5.10 Å². The lowest BCUT2D eigenvalue weighted by Gasteiger charge is -2.24. The van der Waals surface area contributed by atoms with Crippen molar-refractivity contribution in [3.8, 4) is 0 Å². The summed E-state index contributed by atoms with van der Waals surface area (Å²) in [7, 11) is 0. The van der Waals surface area contributed by atoms with E-state index in [1.807, 2.05) is 24.3 Å². The summed E-state index contributed by atoms with van der Waals surface area (Å²) >= 11 is 0. The molecule has 0 spiro atoms. The van der Waals surface area contributed by atoms with E-state index in [1.165, 1.54) is 12.1 Å². The Kier molecular flexibility index (Phi) is 4.92. The molecule has 1 aliphatic rings. The van der Waals surface area contributed by atoms with Crippen LogP contribution < -0.4 is 5.32 Å². The van der Waals surface area contributed by atoms with E-state index in [0.29, 0.717) is 18.2 Å². The predicted octanol–water partition coefficient (Wildman–Crippen LogP) is 4.06. The third kappa shape index (κ3) is 3.66. The highest BCUT2D eigenvalue weighted by Crippen LogP contribution is 2.27. The minimum atomic E-state index is -0.314. The second-order valence-corrected chi connectivity index (χ2v) is 7.15. The van der Waals surface area contributed by atoms with Crippen molar-refractivity contribution in [2.24, 2.45) is 0 Å². The SMILES string of the molecule is CC(C)c1cccc(NC(=O)c2nnn3c2CO[C@@H](c2ccc(F)cc2)C3)c1. The van der Waals surface area contributed by atoms with Crippen molar-refractivity contribution >= 4 is 11.6 Å². The number of aromatic nitrogens is 3. The number of ether oxygens (including phenoxy) is 1. The highest BCUT2D eigenvalue weighted by Gasteiger charge is 2.27. The third-order valence-electron chi connectivity index (χ3n) is 4.87. The molecule has 2 heterocycles. The maximum atomic E-state index is 13.1. The molecular weight excluding hydrogens is 359 g/mol. The van der Waals surface area contributed by atoms with E-state index in [0.717, 1.165) is 16.8 Å². The van der Waals surface area contributed by atoms with Crippen LogP contribution in [0.1, 0.15) is 53.2 Å². The Morgan fingerprint density at radius 2 is 2.04 bits per heavy atom. The lowest BCUT2D eigenvalue weighted by Crippen LogP contribution is -2.24. The fourth-order valence-corrected chi connectivity index (χ4v) is 3.23. The maximum absolute atomic E-state index is 13.1. The lowest BCUT2D eigenvalue weighted by molar-refractivity contribution is -0.00174. The Balaban J connectivity index is 1.50.